The van der Waals surface area contributed by atoms with Crippen molar-refractivity contribution >= 4 is 15.8 Å². The molecule has 1 unspecified atom stereocenters. The van der Waals surface area contributed by atoms with Crippen molar-refractivity contribution in [3.05, 3.63) is 0 Å². The summed E-state index contributed by atoms with van der Waals surface area (Å²) in [5, 5.41) is 0. The lowest BCUT2D eigenvalue weighted by atomic mass is 9.84. The molecule has 1 saturated heterocycles. The molecule has 2 rings (SSSR count). The van der Waals surface area contributed by atoms with E-state index < -0.39 is 14.6 Å². The highest BCUT2D eigenvalue weighted by atomic mass is 32.2. The fraction of sp³-hybridized carbons (Fsp3) is 0.917. The van der Waals surface area contributed by atoms with E-state index >= 15 is 0 Å². The second-order valence-corrected chi connectivity index (χ2v) is 8.02. The van der Waals surface area contributed by atoms with Crippen LogP contribution in [-0.4, -0.2) is 62.6 Å². The number of hydrogen-bond donors (Lipinski definition) is 1. The van der Waals surface area contributed by atoms with Crippen molar-refractivity contribution in [2.45, 2.75) is 37.0 Å². The van der Waals surface area contributed by atoms with Crippen molar-refractivity contribution in [1.29, 1.82) is 0 Å². The quantitative estimate of drug-likeness (QED) is 0.583. The third-order valence-electron chi connectivity index (χ3n) is 4.15. The Bertz CT molecular complexity index is 457. The molecule has 0 amide bonds. The van der Waals surface area contributed by atoms with Crippen LogP contribution in [-0.2, 0) is 14.6 Å². The molecule has 0 bridgehead atoms. The first-order valence-electron chi connectivity index (χ1n) is 6.70. The monoisotopic (exact) mass is 289 g/mol. The number of rotatable bonds is 3. The van der Waals surface area contributed by atoms with E-state index in [1.807, 2.05) is 11.8 Å². The fourth-order valence-corrected chi connectivity index (χ4v) is 3.90. The maximum atomic E-state index is 11.8. The second-order valence-electron chi connectivity index (χ2n) is 5.61. The maximum absolute atomic E-state index is 11.8. The minimum atomic E-state index is -3.07. The standard InChI is InChI=1S/C12H23N3O3S/c1-10-8-15(6-7-18-10)11(13)14-9-12(4-3-5-12)19(2,16)17/h10H,3-9H2,1-2H3,(H2,13,14). The SMILES string of the molecule is CC1CN(C(N)=NCC2(S(C)(=O)=O)CCC2)CCO1. The van der Waals surface area contributed by atoms with Gasteiger partial charge in [0.15, 0.2) is 15.8 Å². The summed E-state index contributed by atoms with van der Waals surface area (Å²) in [7, 11) is -3.07. The first kappa shape index (κ1) is 14.6. The number of guanidine groups is 1. The normalized spacial score (nSPS) is 28.0. The van der Waals surface area contributed by atoms with Gasteiger partial charge in [0.1, 0.15) is 0 Å². The highest BCUT2D eigenvalue weighted by molar-refractivity contribution is 7.92. The van der Waals surface area contributed by atoms with Crippen LogP contribution < -0.4 is 5.73 Å². The summed E-state index contributed by atoms with van der Waals surface area (Å²) in [6.45, 7) is 4.33. The summed E-state index contributed by atoms with van der Waals surface area (Å²) in [5.74, 6) is 0.435. The molecule has 110 valence electrons. The van der Waals surface area contributed by atoms with Gasteiger partial charge in [-0.3, -0.25) is 4.99 Å². The van der Waals surface area contributed by atoms with E-state index in [4.69, 9.17) is 10.5 Å². The summed E-state index contributed by atoms with van der Waals surface area (Å²) in [4.78, 5) is 6.29. The van der Waals surface area contributed by atoms with Gasteiger partial charge in [0.2, 0.25) is 0 Å². The van der Waals surface area contributed by atoms with E-state index in [2.05, 4.69) is 4.99 Å². The summed E-state index contributed by atoms with van der Waals surface area (Å²) in [6.07, 6.45) is 3.78. The van der Waals surface area contributed by atoms with Crippen LogP contribution in [0.3, 0.4) is 0 Å². The van der Waals surface area contributed by atoms with Crippen LogP contribution in [0.4, 0.5) is 0 Å². The molecule has 0 aromatic carbocycles. The first-order valence-corrected chi connectivity index (χ1v) is 8.59. The lowest BCUT2D eigenvalue weighted by molar-refractivity contribution is 0.00526. The number of nitrogens with two attached hydrogens (primary N) is 1. The van der Waals surface area contributed by atoms with Crippen molar-refractivity contribution in [3.8, 4) is 0 Å². The van der Waals surface area contributed by atoms with E-state index in [0.29, 0.717) is 38.5 Å². The van der Waals surface area contributed by atoms with Gasteiger partial charge in [0, 0.05) is 19.3 Å². The molecular weight excluding hydrogens is 266 g/mol. The molecule has 0 spiro atoms. The molecule has 2 fully saturated rings. The number of aliphatic imine (C=N–C) groups is 1. The van der Waals surface area contributed by atoms with Gasteiger partial charge in [0.05, 0.1) is 24.0 Å². The zero-order valence-corrected chi connectivity index (χ0v) is 12.4. The van der Waals surface area contributed by atoms with Crippen molar-refractivity contribution in [3.63, 3.8) is 0 Å². The summed E-state index contributed by atoms with van der Waals surface area (Å²) in [6, 6.07) is 0. The smallest absolute Gasteiger partial charge is 0.191 e. The second kappa shape index (κ2) is 5.28. The highest BCUT2D eigenvalue weighted by Crippen LogP contribution is 2.39. The van der Waals surface area contributed by atoms with E-state index in [0.717, 1.165) is 6.42 Å². The molecule has 2 N–H and O–H groups in total. The number of morpholine rings is 1. The summed E-state index contributed by atoms with van der Waals surface area (Å²) in [5.41, 5.74) is 5.97. The Morgan fingerprint density at radius 1 is 1.53 bits per heavy atom. The van der Waals surface area contributed by atoms with Crippen LogP contribution in [0.5, 0.6) is 0 Å². The molecule has 0 aromatic heterocycles. The Morgan fingerprint density at radius 3 is 2.68 bits per heavy atom. The van der Waals surface area contributed by atoms with E-state index in [1.165, 1.54) is 6.26 Å². The van der Waals surface area contributed by atoms with Gasteiger partial charge >= 0.3 is 0 Å². The molecule has 0 radical (unpaired) electrons. The van der Waals surface area contributed by atoms with Crippen LogP contribution in [0, 0.1) is 0 Å². The predicted octanol–water partition coefficient (Wildman–Crippen LogP) is -0.0109. The minimum Gasteiger partial charge on any atom is -0.375 e. The molecule has 2 aliphatic rings. The molecule has 19 heavy (non-hydrogen) atoms. The first-order chi connectivity index (χ1) is 8.84. The predicted molar refractivity (Wildman–Crippen MR) is 74.9 cm³/mol. The molecule has 7 heteroatoms. The molecule has 1 atom stereocenters. The van der Waals surface area contributed by atoms with Gasteiger partial charge < -0.3 is 15.4 Å². The third kappa shape index (κ3) is 3.02. The third-order valence-corrected chi connectivity index (χ3v) is 6.26. The van der Waals surface area contributed by atoms with Crippen LogP contribution in [0.1, 0.15) is 26.2 Å². The van der Waals surface area contributed by atoms with Crippen LogP contribution in [0.15, 0.2) is 4.99 Å². The Balaban J connectivity index is 2.01. The van der Waals surface area contributed by atoms with Crippen LogP contribution in [0.25, 0.3) is 0 Å². The Hall–Kier alpha value is -0.820. The van der Waals surface area contributed by atoms with Crippen molar-refractivity contribution in [2.75, 3.05) is 32.5 Å². The molecule has 0 aromatic rings. The van der Waals surface area contributed by atoms with Gasteiger partial charge in [-0.2, -0.15) is 0 Å². The van der Waals surface area contributed by atoms with E-state index in [-0.39, 0.29) is 12.6 Å². The van der Waals surface area contributed by atoms with Gasteiger partial charge in [0.25, 0.3) is 0 Å². The van der Waals surface area contributed by atoms with Gasteiger partial charge in [-0.15, -0.1) is 0 Å². The summed E-state index contributed by atoms with van der Waals surface area (Å²) >= 11 is 0. The van der Waals surface area contributed by atoms with Gasteiger partial charge in [-0.25, -0.2) is 8.42 Å². The van der Waals surface area contributed by atoms with Crippen molar-refractivity contribution in [2.24, 2.45) is 10.7 Å². The summed E-state index contributed by atoms with van der Waals surface area (Å²) < 4.78 is 28.4. The van der Waals surface area contributed by atoms with Crippen LogP contribution in [0.2, 0.25) is 0 Å². The lowest BCUT2D eigenvalue weighted by Crippen LogP contribution is -2.50. The van der Waals surface area contributed by atoms with Crippen LogP contribution >= 0.6 is 0 Å². The van der Waals surface area contributed by atoms with Gasteiger partial charge in [-0.1, -0.05) is 6.42 Å². The number of hydrogen-bond acceptors (Lipinski definition) is 4. The average Bonchev–Trinajstić information content (AvgIpc) is 2.25. The molecular formula is C12H23N3O3S. The van der Waals surface area contributed by atoms with Crippen molar-refractivity contribution < 1.29 is 13.2 Å². The van der Waals surface area contributed by atoms with E-state index in [9.17, 15) is 8.42 Å². The molecule has 1 saturated carbocycles. The maximum Gasteiger partial charge on any atom is 0.191 e. The lowest BCUT2D eigenvalue weighted by Gasteiger charge is -2.39. The molecule has 6 nitrogen and oxygen atoms in total. The number of sulfone groups is 1. The zero-order chi connectivity index (χ0) is 14.1. The van der Waals surface area contributed by atoms with Gasteiger partial charge in [-0.05, 0) is 19.8 Å². The van der Waals surface area contributed by atoms with Crippen molar-refractivity contribution in [1.82, 2.24) is 4.90 Å². The minimum absolute atomic E-state index is 0.134. The van der Waals surface area contributed by atoms with E-state index in [1.54, 1.807) is 0 Å². The topological polar surface area (TPSA) is 85.0 Å². The highest BCUT2D eigenvalue weighted by Gasteiger charge is 2.46. The number of nitrogens with zero attached hydrogens (tertiary/aromatic N) is 2. The average molecular weight is 289 g/mol. The Labute approximate surface area is 114 Å². The Morgan fingerprint density at radius 2 is 2.21 bits per heavy atom. The Kier molecular flexibility index (Phi) is 4.06. The number of ether oxygens (including phenoxy) is 1. The zero-order valence-electron chi connectivity index (χ0n) is 11.6. The molecule has 1 aliphatic carbocycles. The molecule has 1 heterocycles. The largest absolute Gasteiger partial charge is 0.375 e. The molecule has 1 aliphatic heterocycles. The fourth-order valence-electron chi connectivity index (χ4n) is 2.57.